The van der Waals surface area contributed by atoms with Crippen LogP contribution in [0.4, 0.5) is 34.1 Å². The van der Waals surface area contributed by atoms with Gasteiger partial charge in [0.05, 0.1) is 11.4 Å². The van der Waals surface area contributed by atoms with Crippen LogP contribution in [0, 0.1) is 0 Å². The summed E-state index contributed by atoms with van der Waals surface area (Å²) in [5.41, 5.74) is 30.7. The third-order valence-electron chi connectivity index (χ3n) is 23.5. The first-order valence-corrected chi connectivity index (χ1v) is 38.1. The van der Waals surface area contributed by atoms with E-state index in [1.54, 1.807) is 0 Å². The van der Waals surface area contributed by atoms with Crippen LogP contribution in [0.2, 0.25) is 0 Å². The lowest BCUT2D eigenvalue weighted by atomic mass is 9.33. The number of para-hydroxylation sites is 2. The first-order valence-electron chi connectivity index (χ1n) is 38.1. The lowest BCUT2D eigenvalue weighted by molar-refractivity contribution is 0.590. The van der Waals surface area contributed by atoms with Crippen LogP contribution >= 0.6 is 0 Å². The number of hydrogen-bond donors (Lipinski definition) is 0. The van der Waals surface area contributed by atoms with Crippen molar-refractivity contribution in [2.45, 2.75) is 78.6 Å². The molecule has 0 amide bonds. The van der Waals surface area contributed by atoms with Crippen LogP contribution in [0.15, 0.2) is 328 Å². The fourth-order valence-electron chi connectivity index (χ4n) is 18.0. The highest BCUT2D eigenvalue weighted by Crippen LogP contribution is 2.55. The van der Waals surface area contributed by atoms with Crippen LogP contribution < -0.4 is 26.2 Å². The molecule has 510 valence electrons. The van der Waals surface area contributed by atoms with Crippen LogP contribution in [-0.2, 0) is 16.2 Å². The summed E-state index contributed by atoms with van der Waals surface area (Å²) in [5.74, 6) is 0. The second-order valence-corrected chi connectivity index (χ2v) is 33.2. The van der Waals surface area contributed by atoms with Crippen molar-refractivity contribution in [2.75, 3.05) is 9.80 Å². The van der Waals surface area contributed by atoms with Crippen molar-refractivity contribution in [3.63, 3.8) is 0 Å². The van der Waals surface area contributed by atoms with Crippen molar-refractivity contribution in [1.82, 2.24) is 0 Å². The van der Waals surface area contributed by atoms with Gasteiger partial charge in [0.15, 0.2) is 0 Å². The van der Waals surface area contributed by atoms with Gasteiger partial charge in [-0.2, -0.15) is 0 Å². The average Bonchev–Trinajstić information content (AvgIpc) is 0.688. The number of rotatable bonds is 9. The predicted octanol–water partition coefficient (Wildman–Crippen LogP) is 27.1. The molecule has 18 aromatic rings. The first-order chi connectivity index (χ1) is 51.9. The van der Waals surface area contributed by atoms with Crippen LogP contribution in [0.1, 0.15) is 79.0 Å². The molecule has 0 N–H and O–H groups in total. The standard InChI is InChI=1S/C104H81BN2/c1-102(2,3)82-48-44-64(45-49-82)81-62-93-99-94(63-81)107(101-87(67-28-18-12-19-29-67)34-23-35-88(101)68-30-20-13-21-31-68)92-61-70(80-54-73-38-42-77-58-84(104(7,8)9)59-78-43-39-74(55-80)96(73)98(77)78)47-51-90(92)105(99)89-50-46-69(79-52-71-36-40-75-56-83(103(4,5)6)57-76-41-37-72(53-79)95(71)97(75)76)60-91(89)106(93)100-85(65-24-14-10-15-25-65)32-22-33-86(100)66-26-16-11-17-27-66/h10-63H,1-9H3. The van der Waals surface area contributed by atoms with E-state index in [0.29, 0.717) is 0 Å². The molecule has 20 rings (SSSR count). The van der Waals surface area contributed by atoms with E-state index in [0.717, 1.165) is 101 Å². The minimum absolute atomic E-state index is 0.0225. The highest BCUT2D eigenvalue weighted by molar-refractivity contribution is 7.00. The minimum atomic E-state index is -0.224. The molecular weight excluding hydrogens is 1290 g/mol. The molecule has 0 aromatic heterocycles. The van der Waals surface area contributed by atoms with Crippen LogP contribution in [0.5, 0.6) is 0 Å². The molecule has 107 heavy (non-hydrogen) atoms. The Morgan fingerprint density at radius 1 is 0.206 bits per heavy atom. The third kappa shape index (κ3) is 10.5. The summed E-state index contributed by atoms with van der Waals surface area (Å²) in [6.45, 7) is 20.6. The summed E-state index contributed by atoms with van der Waals surface area (Å²) in [4.78, 5) is 5.41. The second-order valence-electron chi connectivity index (χ2n) is 33.2. The molecule has 0 saturated heterocycles. The maximum atomic E-state index is 2.70. The molecule has 0 atom stereocenters. The van der Waals surface area contributed by atoms with E-state index in [4.69, 9.17) is 0 Å². The van der Waals surface area contributed by atoms with Gasteiger partial charge in [0, 0.05) is 45.0 Å². The molecule has 0 radical (unpaired) electrons. The second kappa shape index (κ2) is 24.1. The number of nitrogens with zero attached hydrogens (tertiary/aromatic N) is 2. The number of benzene rings is 18. The molecule has 3 heteroatoms. The Labute approximate surface area is 628 Å². The minimum Gasteiger partial charge on any atom is -0.310 e. The van der Waals surface area contributed by atoms with Crippen LogP contribution in [0.3, 0.4) is 0 Å². The zero-order valence-electron chi connectivity index (χ0n) is 62.1. The lowest BCUT2D eigenvalue weighted by Gasteiger charge is -2.46. The van der Waals surface area contributed by atoms with E-state index in [2.05, 4.69) is 400 Å². The van der Waals surface area contributed by atoms with Gasteiger partial charge in [0.1, 0.15) is 0 Å². The maximum absolute atomic E-state index is 2.70. The molecule has 0 spiro atoms. The Hall–Kier alpha value is -12.3. The summed E-state index contributed by atoms with van der Waals surface area (Å²) >= 11 is 0. The lowest BCUT2D eigenvalue weighted by Crippen LogP contribution is -2.61. The Bertz CT molecular complexity index is 5970. The summed E-state index contributed by atoms with van der Waals surface area (Å²) in [7, 11) is 0. The van der Waals surface area contributed by atoms with Gasteiger partial charge in [-0.1, -0.05) is 341 Å². The van der Waals surface area contributed by atoms with E-state index < -0.39 is 0 Å². The summed E-state index contributed by atoms with van der Waals surface area (Å²) in [6, 6.07) is 126. The molecule has 0 unspecified atom stereocenters. The normalized spacial score (nSPS) is 13.0. The quantitative estimate of drug-likeness (QED) is 0.105. The molecule has 0 fully saturated rings. The Balaban J connectivity index is 0.909. The van der Waals surface area contributed by atoms with Crippen molar-refractivity contribution in [3.05, 3.63) is 344 Å². The summed E-state index contributed by atoms with van der Waals surface area (Å²) in [6.07, 6.45) is 0. The van der Waals surface area contributed by atoms with Crippen molar-refractivity contribution in [1.29, 1.82) is 0 Å². The molecule has 2 heterocycles. The van der Waals surface area contributed by atoms with Crippen LogP contribution in [-0.4, -0.2) is 6.71 Å². The first kappa shape index (κ1) is 64.3. The predicted molar refractivity (Wildman–Crippen MR) is 462 cm³/mol. The van der Waals surface area contributed by atoms with E-state index in [9.17, 15) is 0 Å². The molecule has 2 nitrogen and oxygen atoms in total. The Kier molecular flexibility index (Phi) is 14.5. The maximum Gasteiger partial charge on any atom is 0.252 e. The van der Waals surface area contributed by atoms with Crippen LogP contribution in [0.25, 0.3) is 143 Å². The molecule has 2 aliphatic rings. The third-order valence-corrected chi connectivity index (χ3v) is 23.5. The molecular formula is C104H81BN2. The van der Waals surface area contributed by atoms with E-state index >= 15 is 0 Å². The van der Waals surface area contributed by atoms with E-state index in [1.807, 2.05) is 0 Å². The summed E-state index contributed by atoms with van der Waals surface area (Å²) < 4.78 is 0. The van der Waals surface area contributed by atoms with Gasteiger partial charge < -0.3 is 9.80 Å². The van der Waals surface area contributed by atoms with Gasteiger partial charge in [-0.15, -0.1) is 0 Å². The number of hydrogen-bond acceptors (Lipinski definition) is 2. The van der Waals surface area contributed by atoms with Crippen molar-refractivity contribution >= 4 is 122 Å². The summed E-state index contributed by atoms with van der Waals surface area (Å²) in [5, 5.41) is 15.5. The highest BCUT2D eigenvalue weighted by Gasteiger charge is 2.46. The van der Waals surface area contributed by atoms with Crippen molar-refractivity contribution < 1.29 is 0 Å². The topological polar surface area (TPSA) is 6.48 Å². The van der Waals surface area contributed by atoms with Gasteiger partial charge in [0.25, 0.3) is 6.71 Å². The number of anilines is 6. The molecule has 2 aliphatic heterocycles. The Morgan fingerprint density at radius 2 is 0.477 bits per heavy atom. The highest BCUT2D eigenvalue weighted by atomic mass is 15.2. The van der Waals surface area contributed by atoms with E-state index in [1.165, 1.54) is 109 Å². The van der Waals surface area contributed by atoms with Gasteiger partial charge in [-0.25, -0.2) is 0 Å². The van der Waals surface area contributed by atoms with Gasteiger partial charge in [-0.3, -0.25) is 0 Å². The zero-order valence-corrected chi connectivity index (χ0v) is 62.1. The van der Waals surface area contributed by atoms with Crippen molar-refractivity contribution in [3.8, 4) is 77.9 Å². The van der Waals surface area contributed by atoms with Gasteiger partial charge in [-0.05, 0) is 218 Å². The zero-order chi connectivity index (χ0) is 72.4. The fraction of sp³-hybridized carbons (Fsp3) is 0.115. The molecule has 0 bridgehead atoms. The number of fused-ring (bicyclic) bond motifs is 4. The van der Waals surface area contributed by atoms with Gasteiger partial charge in [0.2, 0.25) is 0 Å². The molecule has 0 aliphatic carbocycles. The van der Waals surface area contributed by atoms with Crippen molar-refractivity contribution in [2.24, 2.45) is 0 Å². The Morgan fingerprint density at radius 3 is 0.776 bits per heavy atom. The van der Waals surface area contributed by atoms with Gasteiger partial charge >= 0.3 is 0 Å². The molecule has 18 aromatic carbocycles. The molecule has 0 saturated carbocycles. The van der Waals surface area contributed by atoms with E-state index in [-0.39, 0.29) is 23.0 Å². The average molecular weight is 1370 g/mol. The SMILES string of the molecule is CC(C)(C)c1ccc(-c2cc3c4c(c2)N(c2c(-c5ccccc5)cccc2-c2ccccc2)c2cc(-c5cc6ccc7cc(C(C)(C)C)cc8ccc(c5)c6c78)ccc2B4c2ccc(-c4cc5ccc6cc(C(C)(C)C)cc7ccc(c4)c5c67)cc2N3c2c(-c3ccccc3)cccc2-c2ccccc2)cc1. The fourth-order valence-corrected chi connectivity index (χ4v) is 18.0. The monoisotopic (exact) mass is 1370 g/mol. The largest absolute Gasteiger partial charge is 0.310 e. The smallest absolute Gasteiger partial charge is 0.252 e.